The second kappa shape index (κ2) is 6.18. The summed E-state index contributed by atoms with van der Waals surface area (Å²) in [5, 5.41) is 0. The summed E-state index contributed by atoms with van der Waals surface area (Å²) >= 11 is 0. The Bertz CT molecular complexity index is 617. The van der Waals surface area contributed by atoms with E-state index in [9.17, 15) is 4.39 Å². The van der Waals surface area contributed by atoms with Gasteiger partial charge in [0.2, 0.25) is 5.95 Å². The molecule has 1 aromatic carbocycles. The third-order valence-corrected chi connectivity index (χ3v) is 3.90. The van der Waals surface area contributed by atoms with Crippen molar-refractivity contribution in [1.29, 1.82) is 0 Å². The quantitative estimate of drug-likeness (QED) is 0.941. The third-order valence-electron chi connectivity index (χ3n) is 3.90. The van der Waals surface area contributed by atoms with Gasteiger partial charge in [-0.3, -0.25) is 0 Å². The summed E-state index contributed by atoms with van der Waals surface area (Å²) in [7, 11) is 0. The van der Waals surface area contributed by atoms with Crippen LogP contribution in [0.15, 0.2) is 36.5 Å². The zero-order valence-corrected chi connectivity index (χ0v) is 11.9. The Morgan fingerprint density at radius 1 is 1.33 bits per heavy atom. The minimum atomic E-state index is -0.256. The van der Waals surface area contributed by atoms with Crippen molar-refractivity contribution in [2.45, 2.75) is 12.8 Å². The van der Waals surface area contributed by atoms with Crippen molar-refractivity contribution in [1.82, 2.24) is 9.97 Å². The normalized spacial score (nSPS) is 18.8. The second-order valence-corrected chi connectivity index (χ2v) is 5.44. The lowest BCUT2D eigenvalue weighted by atomic mass is 9.99. The molecule has 3 rings (SSSR count). The SMILES string of the molecule is NCC1CCCN(c2nccc(-c3cccc(F)c3)n2)C1. The van der Waals surface area contributed by atoms with Gasteiger partial charge in [0, 0.05) is 24.8 Å². The summed E-state index contributed by atoms with van der Waals surface area (Å²) in [4.78, 5) is 11.1. The Morgan fingerprint density at radius 2 is 2.24 bits per heavy atom. The van der Waals surface area contributed by atoms with Crippen LogP contribution in [0.2, 0.25) is 0 Å². The Morgan fingerprint density at radius 3 is 3.05 bits per heavy atom. The molecule has 1 fully saturated rings. The van der Waals surface area contributed by atoms with Crippen molar-refractivity contribution in [3.8, 4) is 11.3 Å². The molecule has 0 amide bonds. The summed E-state index contributed by atoms with van der Waals surface area (Å²) < 4.78 is 13.3. The van der Waals surface area contributed by atoms with Crippen molar-refractivity contribution in [3.05, 3.63) is 42.3 Å². The maximum absolute atomic E-state index is 13.3. The molecule has 5 heteroatoms. The van der Waals surface area contributed by atoms with Crippen LogP contribution >= 0.6 is 0 Å². The number of aromatic nitrogens is 2. The fraction of sp³-hybridized carbons (Fsp3) is 0.375. The number of benzene rings is 1. The number of rotatable bonds is 3. The van der Waals surface area contributed by atoms with Crippen LogP contribution in [-0.2, 0) is 0 Å². The largest absolute Gasteiger partial charge is 0.340 e. The van der Waals surface area contributed by atoms with Gasteiger partial charge in [-0.15, -0.1) is 0 Å². The smallest absolute Gasteiger partial charge is 0.225 e. The maximum Gasteiger partial charge on any atom is 0.225 e. The van der Waals surface area contributed by atoms with Crippen LogP contribution in [0, 0.1) is 11.7 Å². The summed E-state index contributed by atoms with van der Waals surface area (Å²) in [6.45, 7) is 2.53. The van der Waals surface area contributed by atoms with E-state index in [4.69, 9.17) is 5.73 Å². The topological polar surface area (TPSA) is 55.0 Å². The van der Waals surface area contributed by atoms with Crippen molar-refractivity contribution in [2.24, 2.45) is 11.7 Å². The number of nitrogens with zero attached hydrogens (tertiary/aromatic N) is 3. The first kappa shape index (κ1) is 13.9. The molecule has 1 aliphatic heterocycles. The minimum absolute atomic E-state index is 0.256. The summed E-state index contributed by atoms with van der Waals surface area (Å²) in [6, 6.07) is 8.28. The molecule has 4 nitrogen and oxygen atoms in total. The van der Waals surface area contributed by atoms with Gasteiger partial charge in [0.1, 0.15) is 5.82 Å². The van der Waals surface area contributed by atoms with Gasteiger partial charge in [0.25, 0.3) is 0 Å². The van der Waals surface area contributed by atoms with E-state index in [0.29, 0.717) is 18.4 Å². The molecule has 2 aromatic rings. The molecule has 1 saturated heterocycles. The molecule has 2 N–H and O–H groups in total. The molecule has 0 bridgehead atoms. The first-order valence-electron chi connectivity index (χ1n) is 7.30. The average molecular weight is 286 g/mol. The molecule has 110 valence electrons. The van der Waals surface area contributed by atoms with E-state index in [1.54, 1.807) is 12.3 Å². The van der Waals surface area contributed by atoms with Gasteiger partial charge in [-0.1, -0.05) is 12.1 Å². The van der Waals surface area contributed by atoms with Crippen molar-refractivity contribution in [2.75, 3.05) is 24.5 Å². The fourth-order valence-electron chi connectivity index (χ4n) is 2.75. The predicted octanol–water partition coefficient (Wildman–Crippen LogP) is 2.46. The highest BCUT2D eigenvalue weighted by Gasteiger charge is 2.20. The van der Waals surface area contributed by atoms with Crippen molar-refractivity contribution < 1.29 is 4.39 Å². The standard InChI is InChI=1S/C16H19FN4/c17-14-5-1-4-13(9-14)15-6-7-19-16(20-15)21-8-2-3-12(10-18)11-21/h1,4-7,9,12H,2-3,8,10-11,18H2. The molecular weight excluding hydrogens is 267 g/mol. The number of hydrogen-bond donors (Lipinski definition) is 1. The number of piperidine rings is 1. The molecule has 1 aromatic heterocycles. The third kappa shape index (κ3) is 3.19. The van der Waals surface area contributed by atoms with Gasteiger partial charge >= 0.3 is 0 Å². The van der Waals surface area contributed by atoms with Crippen LogP contribution < -0.4 is 10.6 Å². The number of halogens is 1. The van der Waals surface area contributed by atoms with Crippen LogP contribution in [0.3, 0.4) is 0 Å². The van der Waals surface area contributed by atoms with Crippen molar-refractivity contribution >= 4 is 5.95 Å². The molecule has 1 atom stereocenters. The van der Waals surface area contributed by atoms with E-state index >= 15 is 0 Å². The zero-order valence-electron chi connectivity index (χ0n) is 11.9. The number of anilines is 1. The highest BCUT2D eigenvalue weighted by atomic mass is 19.1. The van der Waals surface area contributed by atoms with E-state index in [-0.39, 0.29) is 5.82 Å². The van der Waals surface area contributed by atoms with E-state index in [0.717, 1.165) is 37.2 Å². The van der Waals surface area contributed by atoms with Gasteiger partial charge in [0.05, 0.1) is 5.69 Å². The Kier molecular flexibility index (Phi) is 4.10. The van der Waals surface area contributed by atoms with Gasteiger partial charge in [-0.05, 0) is 43.5 Å². The molecule has 1 aliphatic rings. The van der Waals surface area contributed by atoms with Crippen molar-refractivity contribution in [3.63, 3.8) is 0 Å². The molecule has 2 heterocycles. The van der Waals surface area contributed by atoms with Crippen LogP contribution in [0.25, 0.3) is 11.3 Å². The Labute approximate surface area is 123 Å². The molecule has 1 unspecified atom stereocenters. The van der Waals surface area contributed by atoms with Gasteiger partial charge in [-0.25, -0.2) is 14.4 Å². The average Bonchev–Trinajstić information content (AvgIpc) is 2.55. The summed E-state index contributed by atoms with van der Waals surface area (Å²) in [5.74, 6) is 0.948. The predicted molar refractivity (Wildman–Crippen MR) is 81.4 cm³/mol. The van der Waals surface area contributed by atoms with Crippen LogP contribution in [0.1, 0.15) is 12.8 Å². The van der Waals surface area contributed by atoms with Gasteiger partial charge < -0.3 is 10.6 Å². The second-order valence-electron chi connectivity index (χ2n) is 5.44. The Hall–Kier alpha value is -2.01. The lowest BCUT2D eigenvalue weighted by Crippen LogP contribution is -2.39. The molecule has 0 aliphatic carbocycles. The lowest BCUT2D eigenvalue weighted by Gasteiger charge is -2.32. The molecule has 21 heavy (non-hydrogen) atoms. The van der Waals surface area contributed by atoms with Crippen LogP contribution in [0.5, 0.6) is 0 Å². The fourth-order valence-corrected chi connectivity index (χ4v) is 2.75. The zero-order chi connectivity index (χ0) is 14.7. The summed E-state index contributed by atoms with van der Waals surface area (Å²) in [6.07, 6.45) is 4.00. The molecule has 0 saturated carbocycles. The summed E-state index contributed by atoms with van der Waals surface area (Å²) in [5.41, 5.74) is 7.29. The highest BCUT2D eigenvalue weighted by molar-refractivity contribution is 5.60. The van der Waals surface area contributed by atoms with Gasteiger partial charge in [-0.2, -0.15) is 0 Å². The first-order chi connectivity index (χ1) is 10.3. The number of hydrogen-bond acceptors (Lipinski definition) is 4. The lowest BCUT2D eigenvalue weighted by molar-refractivity contribution is 0.419. The van der Waals surface area contributed by atoms with Crippen LogP contribution in [0.4, 0.5) is 10.3 Å². The molecular formula is C16H19FN4. The molecule has 0 radical (unpaired) electrons. The first-order valence-corrected chi connectivity index (χ1v) is 7.30. The minimum Gasteiger partial charge on any atom is -0.340 e. The van der Waals surface area contributed by atoms with E-state index < -0.39 is 0 Å². The van der Waals surface area contributed by atoms with E-state index in [2.05, 4.69) is 14.9 Å². The van der Waals surface area contributed by atoms with Gasteiger partial charge in [0.15, 0.2) is 0 Å². The van der Waals surface area contributed by atoms with E-state index in [1.807, 2.05) is 12.1 Å². The highest BCUT2D eigenvalue weighted by Crippen LogP contribution is 2.23. The van der Waals surface area contributed by atoms with E-state index in [1.165, 1.54) is 12.1 Å². The maximum atomic E-state index is 13.3. The monoisotopic (exact) mass is 286 g/mol. The Balaban J connectivity index is 1.86. The number of nitrogens with two attached hydrogens (primary N) is 1. The molecule has 0 spiro atoms. The van der Waals surface area contributed by atoms with Crippen LogP contribution in [-0.4, -0.2) is 29.6 Å².